The van der Waals surface area contributed by atoms with Crippen LogP contribution in [0.4, 0.5) is 0 Å². The van der Waals surface area contributed by atoms with Gasteiger partial charge < -0.3 is 4.74 Å². The van der Waals surface area contributed by atoms with E-state index in [9.17, 15) is 4.79 Å². The van der Waals surface area contributed by atoms with Crippen LogP contribution in [0.15, 0.2) is 30.3 Å². The van der Waals surface area contributed by atoms with Gasteiger partial charge >= 0.3 is 5.97 Å². The van der Waals surface area contributed by atoms with E-state index in [1.807, 2.05) is 19.9 Å². The van der Waals surface area contributed by atoms with Gasteiger partial charge in [-0.25, -0.2) is 4.79 Å². The second-order valence-electron chi connectivity index (χ2n) is 3.97. The number of hydrogen-bond acceptors (Lipinski definition) is 3. The molecule has 3 heteroatoms. The van der Waals surface area contributed by atoms with Crippen LogP contribution in [0.3, 0.4) is 0 Å². The van der Waals surface area contributed by atoms with Gasteiger partial charge in [0, 0.05) is 6.08 Å². The van der Waals surface area contributed by atoms with Crippen LogP contribution in [-0.2, 0) is 9.53 Å². The SMILES string of the molecule is COC(=O)/C=C(\c1cccc(C#N)c1)C(C)C. The lowest BCUT2D eigenvalue weighted by atomic mass is 9.94. The van der Waals surface area contributed by atoms with Crippen LogP contribution in [0.1, 0.15) is 25.0 Å². The Hall–Kier alpha value is -2.08. The number of allylic oxidation sites excluding steroid dienone is 1. The molecule has 1 rings (SSSR count). The molecule has 0 N–H and O–H groups in total. The lowest BCUT2D eigenvalue weighted by molar-refractivity contribution is -0.134. The van der Waals surface area contributed by atoms with Gasteiger partial charge in [0.15, 0.2) is 0 Å². The molecule has 0 atom stereocenters. The molecular formula is C14H15NO2. The van der Waals surface area contributed by atoms with Crippen molar-refractivity contribution in [3.8, 4) is 6.07 Å². The number of nitriles is 1. The molecule has 0 aromatic heterocycles. The first-order valence-electron chi connectivity index (χ1n) is 5.38. The summed E-state index contributed by atoms with van der Waals surface area (Å²) in [4.78, 5) is 11.3. The molecule has 0 bridgehead atoms. The molecule has 0 fully saturated rings. The number of esters is 1. The zero-order chi connectivity index (χ0) is 12.8. The fourth-order valence-electron chi connectivity index (χ4n) is 1.54. The smallest absolute Gasteiger partial charge is 0.330 e. The summed E-state index contributed by atoms with van der Waals surface area (Å²) in [6.45, 7) is 3.99. The summed E-state index contributed by atoms with van der Waals surface area (Å²) in [5.74, 6) is -0.195. The van der Waals surface area contributed by atoms with Crippen molar-refractivity contribution in [2.75, 3.05) is 7.11 Å². The Bertz CT molecular complexity index is 481. The van der Waals surface area contributed by atoms with E-state index in [2.05, 4.69) is 10.8 Å². The van der Waals surface area contributed by atoms with Crippen LogP contribution in [0.5, 0.6) is 0 Å². The molecule has 3 nitrogen and oxygen atoms in total. The van der Waals surface area contributed by atoms with Crippen molar-refractivity contribution in [3.63, 3.8) is 0 Å². The summed E-state index contributed by atoms with van der Waals surface area (Å²) in [6.07, 6.45) is 1.47. The van der Waals surface area contributed by atoms with Crippen molar-refractivity contribution in [3.05, 3.63) is 41.5 Å². The molecule has 1 aromatic carbocycles. The van der Waals surface area contributed by atoms with Crippen LogP contribution in [0, 0.1) is 17.2 Å². The predicted octanol–water partition coefficient (Wildman–Crippen LogP) is 2.77. The van der Waals surface area contributed by atoms with Crippen molar-refractivity contribution >= 4 is 11.5 Å². The van der Waals surface area contributed by atoms with E-state index in [1.54, 1.807) is 18.2 Å². The normalized spacial score (nSPS) is 11.1. The van der Waals surface area contributed by atoms with E-state index in [-0.39, 0.29) is 11.9 Å². The van der Waals surface area contributed by atoms with Crippen molar-refractivity contribution in [2.24, 2.45) is 5.92 Å². The molecule has 0 unspecified atom stereocenters. The molecule has 17 heavy (non-hydrogen) atoms. The number of hydrogen-bond donors (Lipinski definition) is 0. The lowest BCUT2D eigenvalue weighted by Gasteiger charge is -2.11. The second kappa shape index (κ2) is 5.86. The number of rotatable bonds is 3. The number of methoxy groups -OCH3 is 1. The zero-order valence-corrected chi connectivity index (χ0v) is 10.2. The summed E-state index contributed by atoms with van der Waals surface area (Å²) in [5.41, 5.74) is 2.33. The Morgan fingerprint density at radius 3 is 2.71 bits per heavy atom. The van der Waals surface area contributed by atoms with Crippen molar-refractivity contribution in [1.82, 2.24) is 0 Å². The summed E-state index contributed by atoms with van der Waals surface area (Å²) in [7, 11) is 1.35. The summed E-state index contributed by atoms with van der Waals surface area (Å²) < 4.78 is 4.63. The molecule has 0 heterocycles. The van der Waals surface area contributed by atoms with Crippen molar-refractivity contribution < 1.29 is 9.53 Å². The minimum Gasteiger partial charge on any atom is -0.466 e. The molecule has 0 saturated carbocycles. The third kappa shape index (κ3) is 3.46. The topological polar surface area (TPSA) is 50.1 Å². The van der Waals surface area contributed by atoms with Crippen molar-refractivity contribution in [2.45, 2.75) is 13.8 Å². The maximum atomic E-state index is 11.3. The third-order valence-corrected chi connectivity index (χ3v) is 2.42. The Balaban J connectivity index is 3.19. The Morgan fingerprint density at radius 1 is 1.47 bits per heavy atom. The molecule has 0 saturated heterocycles. The highest BCUT2D eigenvalue weighted by atomic mass is 16.5. The fraction of sp³-hybridized carbons (Fsp3) is 0.286. The first kappa shape index (κ1) is 13.0. The first-order chi connectivity index (χ1) is 8.08. The van der Waals surface area contributed by atoms with E-state index >= 15 is 0 Å². The van der Waals surface area contributed by atoms with Gasteiger partial charge in [-0.1, -0.05) is 26.0 Å². The predicted molar refractivity (Wildman–Crippen MR) is 66.0 cm³/mol. The molecule has 0 aliphatic carbocycles. The highest BCUT2D eigenvalue weighted by molar-refractivity contribution is 5.91. The standard InChI is InChI=1S/C14H15NO2/c1-10(2)13(8-14(16)17-3)12-6-4-5-11(7-12)9-15/h4-8,10H,1-3H3/b13-8-. The lowest BCUT2D eigenvalue weighted by Crippen LogP contribution is -2.01. The van der Waals surface area contributed by atoms with Gasteiger partial charge in [0.1, 0.15) is 0 Å². The van der Waals surface area contributed by atoms with Gasteiger partial charge in [-0.05, 0) is 29.2 Å². The first-order valence-corrected chi connectivity index (χ1v) is 5.38. The summed E-state index contributed by atoms with van der Waals surface area (Å²) in [6, 6.07) is 9.28. The van der Waals surface area contributed by atoms with E-state index in [1.165, 1.54) is 13.2 Å². The molecule has 0 spiro atoms. The highest BCUT2D eigenvalue weighted by Crippen LogP contribution is 2.23. The minimum absolute atomic E-state index is 0.183. The quantitative estimate of drug-likeness (QED) is 0.591. The monoisotopic (exact) mass is 229 g/mol. The molecule has 0 aliphatic heterocycles. The van der Waals surface area contributed by atoms with Gasteiger partial charge in [-0.3, -0.25) is 0 Å². The molecule has 1 aromatic rings. The highest BCUT2D eigenvalue weighted by Gasteiger charge is 2.09. The Labute approximate surface area is 101 Å². The third-order valence-electron chi connectivity index (χ3n) is 2.42. The largest absolute Gasteiger partial charge is 0.466 e. The number of ether oxygens (including phenoxy) is 1. The van der Waals surface area contributed by atoms with Gasteiger partial charge in [0.25, 0.3) is 0 Å². The Kier molecular flexibility index (Phi) is 4.47. The molecular weight excluding hydrogens is 214 g/mol. The van der Waals surface area contributed by atoms with Crippen LogP contribution in [0.25, 0.3) is 5.57 Å². The summed E-state index contributed by atoms with van der Waals surface area (Å²) >= 11 is 0. The molecule has 0 amide bonds. The molecule has 0 aliphatic rings. The number of carbonyl (C=O) groups excluding carboxylic acids is 1. The average molecular weight is 229 g/mol. The van der Waals surface area contributed by atoms with Crippen molar-refractivity contribution in [1.29, 1.82) is 5.26 Å². The van der Waals surface area contributed by atoms with E-state index in [4.69, 9.17) is 5.26 Å². The van der Waals surface area contributed by atoms with Gasteiger partial charge in [-0.2, -0.15) is 5.26 Å². The van der Waals surface area contributed by atoms with Crippen LogP contribution >= 0.6 is 0 Å². The van der Waals surface area contributed by atoms with Crippen LogP contribution in [0.2, 0.25) is 0 Å². The fourth-order valence-corrected chi connectivity index (χ4v) is 1.54. The van der Waals surface area contributed by atoms with E-state index < -0.39 is 0 Å². The minimum atomic E-state index is -0.379. The Morgan fingerprint density at radius 2 is 2.18 bits per heavy atom. The van der Waals surface area contributed by atoms with Gasteiger partial charge in [0.2, 0.25) is 0 Å². The second-order valence-corrected chi connectivity index (χ2v) is 3.97. The average Bonchev–Trinajstić information content (AvgIpc) is 2.35. The van der Waals surface area contributed by atoms with Gasteiger partial charge in [-0.15, -0.1) is 0 Å². The van der Waals surface area contributed by atoms with E-state index in [0.29, 0.717) is 5.56 Å². The number of carbonyl (C=O) groups is 1. The number of nitrogens with zero attached hydrogens (tertiary/aromatic N) is 1. The van der Waals surface area contributed by atoms with Gasteiger partial charge in [0.05, 0.1) is 18.7 Å². The van der Waals surface area contributed by atoms with Crippen LogP contribution in [-0.4, -0.2) is 13.1 Å². The maximum Gasteiger partial charge on any atom is 0.330 e. The summed E-state index contributed by atoms with van der Waals surface area (Å²) in [5, 5.41) is 8.85. The zero-order valence-electron chi connectivity index (χ0n) is 10.2. The molecule has 0 radical (unpaired) electrons. The van der Waals surface area contributed by atoms with E-state index in [0.717, 1.165) is 11.1 Å². The number of benzene rings is 1. The maximum absolute atomic E-state index is 11.3. The van der Waals surface area contributed by atoms with Crippen LogP contribution < -0.4 is 0 Å². The molecule has 88 valence electrons.